The number of aliphatic carboxylic acids is 1. The Morgan fingerprint density at radius 3 is 2.57 bits per heavy atom. The molecule has 2 rings (SSSR count). The number of hydrogen-bond acceptors (Lipinski definition) is 4. The molecule has 0 amide bonds. The summed E-state index contributed by atoms with van der Waals surface area (Å²) in [5, 5.41) is 8.91. The smallest absolute Gasteiger partial charge is 0.305 e. The van der Waals surface area contributed by atoms with Gasteiger partial charge >= 0.3 is 5.97 Å². The standard InChI is InChI=1S/C15H21NO4S/c1-12-4-6-13(7-5-12)16(9-8-15(17)18)14-3-2-10-21(19,20)11-14/h4-7,14H,2-3,8-11H2,1H3,(H,17,18). The lowest BCUT2D eigenvalue weighted by Crippen LogP contribution is -2.44. The summed E-state index contributed by atoms with van der Waals surface area (Å²) in [6.07, 6.45) is 1.43. The van der Waals surface area contributed by atoms with Crippen molar-refractivity contribution >= 4 is 21.5 Å². The van der Waals surface area contributed by atoms with E-state index in [4.69, 9.17) is 5.11 Å². The minimum absolute atomic E-state index is 0.00439. The summed E-state index contributed by atoms with van der Waals surface area (Å²) in [4.78, 5) is 12.8. The fourth-order valence-electron chi connectivity index (χ4n) is 2.72. The van der Waals surface area contributed by atoms with Gasteiger partial charge in [0.05, 0.1) is 17.9 Å². The van der Waals surface area contributed by atoms with Crippen LogP contribution in [-0.2, 0) is 14.6 Å². The molecule has 1 atom stereocenters. The van der Waals surface area contributed by atoms with Crippen LogP contribution in [0.4, 0.5) is 5.69 Å². The van der Waals surface area contributed by atoms with Crippen LogP contribution in [0.2, 0.25) is 0 Å². The van der Waals surface area contributed by atoms with E-state index in [-0.39, 0.29) is 24.0 Å². The van der Waals surface area contributed by atoms with Gasteiger partial charge in [0.1, 0.15) is 0 Å². The summed E-state index contributed by atoms with van der Waals surface area (Å²) < 4.78 is 23.7. The van der Waals surface area contributed by atoms with Crippen LogP contribution in [0.3, 0.4) is 0 Å². The molecule has 1 N–H and O–H groups in total. The van der Waals surface area contributed by atoms with Crippen molar-refractivity contribution in [3.05, 3.63) is 29.8 Å². The molecule has 1 aliphatic heterocycles. The minimum Gasteiger partial charge on any atom is -0.481 e. The highest BCUT2D eigenvalue weighted by Gasteiger charge is 2.29. The first kappa shape index (κ1) is 15.8. The van der Waals surface area contributed by atoms with Gasteiger partial charge in [-0.25, -0.2) is 8.42 Å². The Morgan fingerprint density at radius 1 is 1.33 bits per heavy atom. The Morgan fingerprint density at radius 2 is 2.00 bits per heavy atom. The Labute approximate surface area is 125 Å². The summed E-state index contributed by atoms with van der Waals surface area (Å²) in [6.45, 7) is 2.31. The molecule has 1 heterocycles. The Hall–Kier alpha value is -1.56. The van der Waals surface area contributed by atoms with Crippen LogP contribution < -0.4 is 4.90 Å². The molecule has 0 spiro atoms. The van der Waals surface area contributed by atoms with E-state index in [1.807, 2.05) is 36.1 Å². The van der Waals surface area contributed by atoms with Gasteiger partial charge in [-0.3, -0.25) is 4.79 Å². The number of carboxylic acid groups (broad SMARTS) is 1. The van der Waals surface area contributed by atoms with Gasteiger partial charge in [-0.15, -0.1) is 0 Å². The summed E-state index contributed by atoms with van der Waals surface area (Å²) in [5.74, 6) is -0.518. The zero-order valence-electron chi connectivity index (χ0n) is 12.2. The third-order valence-electron chi connectivity index (χ3n) is 3.81. The fourth-order valence-corrected chi connectivity index (χ4v) is 4.43. The zero-order valence-corrected chi connectivity index (χ0v) is 13.0. The van der Waals surface area contributed by atoms with Gasteiger partial charge in [0.15, 0.2) is 9.84 Å². The molecule has 1 aromatic rings. The largest absolute Gasteiger partial charge is 0.481 e. The first-order valence-corrected chi connectivity index (χ1v) is 8.95. The zero-order chi connectivity index (χ0) is 15.5. The second kappa shape index (κ2) is 6.47. The molecule has 6 heteroatoms. The van der Waals surface area contributed by atoms with Crippen LogP contribution in [0.15, 0.2) is 24.3 Å². The lowest BCUT2D eigenvalue weighted by Gasteiger charge is -2.35. The van der Waals surface area contributed by atoms with Crippen LogP contribution in [0.5, 0.6) is 0 Å². The maximum atomic E-state index is 11.8. The molecule has 0 aromatic heterocycles. The van der Waals surface area contributed by atoms with E-state index in [9.17, 15) is 13.2 Å². The van der Waals surface area contributed by atoms with Crippen molar-refractivity contribution in [2.24, 2.45) is 0 Å². The van der Waals surface area contributed by atoms with Gasteiger partial charge in [-0.1, -0.05) is 17.7 Å². The molecule has 0 aliphatic carbocycles. The van der Waals surface area contributed by atoms with Crippen molar-refractivity contribution in [3.8, 4) is 0 Å². The normalized spacial score (nSPS) is 20.9. The van der Waals surface area contributed by atoms with E-state index in [1.54, 1.807) is 0 Å². The van der Waals surface area contributed by atoms with Crippen molar-refractivity contribution in [2.45, 2.75) is 32.2 Å². The van der Waals surface area contributed by atoms with Crippen LogP contribution in [0.25, 0.3) is 0 Å². The number of hydrogen-bond donors (Lipinski definition) is 1. The lowest BCUT2D eigenvalue weighted by molar-refractivity contribution is -0.136. The monoisotopic (exact) mass is 311 g/mol. The van der Waals surface area contributed by atoms with E-state index >= 15 is 0 Å². The summed E-state index contributed by atoms with van der Waals surface area (Å²) >= 11 is 0. The van der Waals surface area contributed by atoms with Crippen molar-refractivity contribution in [2.75, 3.05) is 23.0 Å². The molecule has 0 saturated carbocycles. The number of anilines is 1. The van der Waals surface area contributed by atoms with Crippen LogP contribution in [0.1, 0.15) is 24.8 Å². The van der Waals surface area contributed by atoms with E-state index in [1.165, 1.54) is 0 Å². The molecule has 116 valence electrons. The molecule has 5 nitrogen and oxygen atoms in total. The summed E-state index contributed by atoms with van der Waals surface area (Å²) in [7, 11) is -3.02. The molecule has 0 radical (unpaired) electrons. The van der Waals surface area contributed by atoms with Crippen molar-refractivity contribution < 1.29 is 18.3 Å². The van der Waals surface area contributed by atoms with Gasteiger partial charge < -0.3 is 10.0 Å². The third-order valence-corrected chi connectivity index (χ3v) is 5.62. The maximum Gasteiger partial charge on any atom is 0.305 e. The van der Waals surface area contributed by atoms with Crippen LogP contribution in [-0.4, -0.2) is 43.6 Å². The SMILES string of the molecule is Cc1ccc(N(CCC(=O)O)C2CCCS(=O)(=O)C2)cc1. The topological polar surface area (TPSA) is 74.7 Å². The fraction of sp³-hybridized carbons (Fsp3) is 0.533. The number of carboxylic acids is 1. The van der Waals surface area contributed by atoms with E-state index in [2.05, 4.69) is 0 Å². The van der Waals surface area contributed by atoms with Crippen molar-refractivity contribution in [3.63, 3.8) is 0 Å². The van der Waals surface area contributed by atoms with Crippen LogP contribution >= 0.6 is 0 Å². The number of rotatable bonds is 5. The van der Waals surface area contributed by atoms with E-state index < -0.39 is 15.8 Å². The van der Waals surface area contributed by atoms with Crippen molar-refractivity contribution in [1.82, 2.24) is 0 Å². The Kier molecular flexibility index (Phi) is 4.88. The van der Waals surface area contributed by atoms with E-state index in [0.717, 1.165) is 17.7 Å². The predicted molar refractivity (Wildman–Crippen MR) is 82.5 cm³/mol. The Bertz CT molecular complexity index is 595. The third kappa shape index (κ3) is 4.46. The second-order valence-electron chi connectivity index (χ2n) is 5.58. The van der Waals surface area contributed by atoms with Gasteiger partial charge in [0, 0.05) is 18.3 Å². The highest BCUT2D eigenvalue weighted by molar-refractivity contribution is 7.91. The van der Waals surface area contributed by atoms with Crippen molar-refractivity contribution in [1.29, 1.82) is 0 Å². The molecular formula is C15H21NO4S. The lowest BCUT2D eigenvalue weighted by atomic mass is 10.1. The highest BCUT2D eigenvalue weighted by atomic mass is 32.2. The predicted octanol–water partition coefficient (Wildman–Crippen LogP) is 1.85. The minimum atomic E-state index is -3.02. The molecule has 0 bridgehead atoms. The highest BCUT2D eigenvalue weighted by Crippen LogP contribution is 2.24. The summed E-state index contributed by atoms with van der Waals surface area (Å²) in [5.41, 5.74) is 2.01. The molecule has 1 aliphatic rings. The number of benzene rings is 1. The summed E-state index contributed by atoms with van der Waals surface area (Å²) in [6, 6.07) is 7.64. The van der Waals surface area contributed by atoms with Gasteiger partial charge in [-0.05, 0) is 31.9 Å². The quantitative estimate of drug-likeness (QED) is 0.898. The van der Waals surface area contributed by atoms with E-state index in [0.29, 0.717) is 13.0 Å². The average Bonchev–Trinajstić information content (AvgIpc) is 2.39. The van der Waals surface area contributed by atoms with Gasteiger partial charge in [0.25, 0.3) is 0 Å². The molecular weight excluding hydrogens is 290 g/mol. The molecule has 1 unspecified atom stereocenters. The van der Waals surface area contributed by atoms with Gasteiger partial charge in [0.2, 0.25) is 0 Å². The Balaban J connectivity index is 2.22. The number of aryl methyl sites for hydroxylation is 1. The van der Waals surface area contributed by atoms with Gasteiger partial charge in [-0.2, -0.15) is 0 Å². The average molecular weight is 311 g/mol. The first-order chi connectivity index (χ1) is 9.87. The first-order valence-electron chi connectivity index (χ1n) is 7.13. The number of carbonyl (C=O) groups is 1. The molecule has 1 aromatic carbocycles. The molecule has 21 heavy (non-hydrogen) atoms. The number of sulfone groups is 1. The van der Waals surface area contributed by atoms with Crippen LogP contribution in [0, 0.1) is 6.92 Å². The maximum absolute atomic E-state index is 11.8. The second-order valence-corrected chi connectivity index (χ2v) is 7.81. The molecule has 1 fully saturated rings. The molecule has 1 saturated heterocycles. The number of nitrogens with zero attached hydrogens (tertiary/aromatic N) is 1.